The Bertz CT molecular complexity index is 488. The number of halogens is 1. The van der Waals surface area contributed by atoms with E-state index in [0.29, 0.717) is 5.56 Å². The van der Waals surface area contributed by atoms with Crippen LogP contribution in [-0.2, 0) is 11.3 Å². The fraction of sp³-hybridized carbons (Fsp3) is 0.364. The quantitative estimate of drug-likeness (QED) is 0.617. The molecule has 0 amide bonds. The van der Waals surface area contributed by atoms with Crippen LogP contribution in [0.25, 0.3) is 0 Å². The maximum atomic E-state index is 13.1. The Morgan fingerprint density at radius 2 is 2.11 bits per heavy atom. The van der Waals surface area contributed by atoms with Crippen LogP contribution < -0.4 is 5.32 Å². The van der Waals surface area contributed by atoms with Crippen LogP contribution >= 0.6 is 0 Å². The number of nitro benzene ring substituents is 1. The molecule has 6 nitrogen and oxygen atoms in total. The molecule has 0 fully saturated rings. The molecule has 0 aromatic heterocycles. The number of non-ortho nitro benzene ring substituents is 1. The monoisotopic (exact) mass is 256 g/mol. The van der Waals surface area contributed by atoms with Crippen molar-refractivity contribution in [2.45, 2.75) is 25.9 Å². The summed E-state index contributed by atoms with van der Waals surface area (Å²) >= 11 is 0. The largest absolute Gasteiger partial charge is 0.480 e. The molecule has 0 aliphatic carbocycles. The van der Waals surface area contributed by atoms with Gasteiger partial charge in [0.25, 0.3) is 5.69 Å². The summed E-state index contributed by atoms with van der Waals surface area (Å²) in [6.45, 7) is 2.92. The van der Waals surface area contributed by atoms with Gasteiger partial charge in [0.1, 0.15) is 11.4 Å². The summed E-state index contributed by atoms with van der Waals surface area (Å²) < 4.78 is 13.1. The Hall–Kier alpha value is -2.02. The highest BCUT2D eigenvalue weighted by Crippen LogP contribution is 2.17. The Morgan fingerprint density at radius 3 is 2.61 bits per heavy atom. The van der Waals surface area contributed by atoms with Crippen LogP contribution in [-0.4, -0.2) is 21.5 Å². The van der Waals surface area contributed by atoms with Gasteiger partial charge in [-0.15, -0.1) is 0 Å². The maximum absolute atomic E-state index is 13.1. The van der Waals surface area contributed by atoms with Gasteiger partial charge in [0, 0.05) is 12.6 Å². The molecule has 0 spiro atoms. The first-order valence-electron chi connectivity index (χ1n) is 5.14. The van der Waals surface area contributed by atoms with Gasteiger partial charge < -0.3 is 5.11 Å². The number of carboxylic acids is 1. The zero-order valence-electron chi connectivity index (χ0n) is 9.94. The van der Waals surface area contributed by atoms with Gasteiger partial charge >= 0.3 is 5.97 Å². The topological polar surface area (TPSA) is 92.5 Å². The lowest BCUT2D eigenvalue weighted by molar-refractivity contribution is -0.385. The molecule has 0 heterocycles. The van der Waals surface area contributed by atoms with Crippen LogP contribution in [0.5, 0.6) is 0 Å². The van der Waals surface area contributed by atoms with Gasteiger partial charge in [0.15, 0.2) is 0 Å². The molecule has 7 heteroatoms. The zero-order chi connectivity index (χ0) is 13.9. The number of hydrogen-bond donors (Lipinski definition) is 2. The molecule has 1 aromatic carbocycles. The molecule has 0 saturated carbocycles. The lowest BCUT2D eigenvalue weighted by atomic mass is 10.1. The van der Waals surface area contributed by atoms with Gasteiger partial charge in [0.05, 0.1) is 11.0 Å². The number of rotatable bonds is 5. The summed E-state index contributed by atoms with van der Waals surface area (Å²) in [5.74, 6) is -1.79. The van der Waals surface area contributed by atoms with Crippen LogP contribution in [0.3, 0.4) is 0 Å². The first-order chi connectivity index (χ1) is 8.22. The highest BCUT2D eigenvalue weighted by molar-refractivity contribution is 5.77. The number of nitrogens with one attached hydrogen (secondary N) is 1. The van der Waals surface area contributed by atoms with Gasteiger partial charge in [-0.05, 0) is 25.5 Å². The third-order valence-electron chi connectivity index (χ3n) is 2.42. The normalized spacial score (nSPS) is 11.3. The molecule has 0 atom stereocenters. The average Bonchev–Trinajstić information content (AvgIpc) is 2.25. The summed E-state index contributed by atoms with van der Waals surface area (Å²) in [6, 6.07) is 3.14. The van der Waals surface area contributed by atoms with E-state index in [0.717, 1.165) is 12.1 Å². The molecule has 1 rings (SSSR count). The predicted molar refractivity (Wildman–Crippen MR) is 61.6 cm³/mol. The van der Waals surface area contributed by atoms with Crippen molar-refractivity contribution in [2.24, 2.45) is 0 Å². The minimum atomic E-state index is -1.19. The van der Waals surface area contributed by atoms with E-state index in [-0.39, 0.29) is 12.2 Å². The van der Waals surface area contributed by atoms with E-state index in [1.165, 1.54) is 19.9 Å². The number of nitro groups is 1. The molecule has 2 N–H and O–H groups in total. The van der Waals surface area contributed by atoms with E-state index in [1.807, 2.05) is 0 Å². The second-order valence-corrected chi connectivity index (χ2v) is 4.36. The minimum Gasteiger partial charge on any atom is -0.480 e. The van der Waals surface area contributed by atoms with Crippen LogP contribution in [0.2, 0.25) is 0 Å². The SMILES string of the molecule is CC(C)(NCc1cc(F)cc([N+](=O)[O-])c1)C(=O)O. The van der Waals surface area contributed by atoms with E-state index >= 15 is 0 Å². The van der Waals surface area contributed by atoms with Crippen molar-refractivity contribution in [3.05, 3.63) is 39.7 Å². The van der Waals surface area contributed by atoms with Gasteiger partial charge in [0.2, 0.25) is 0 Å². The van der Waals surface area contributed by atoms with Gasteiger partial charge in [-0.25, -0.2) is 4.39 Å². The van der Waals surface area contributed by atoms with E-state index in [2.05, 4.69) is 5.32 Å². The molecule has 0 unspecified atom stereocenters. The van der Waals surface area contributed by atoms with E-state index in [1.54, 1.807) is 0 Å². The number of benzene rings is 1. The Morgan fingerprint density at radius 1 is 1.50 bits per heavy atom. The Labute approximate surface area is 103 Å². The van der Waals surface area contributed by atoms with Gasteiger partial charge in [-0.2, -0.15) is 0 Å². The maximum Gasteiger partial charge on any atom is 0.323 e. The second-order valence-electron chi connectivity index (χ2n) is 4.36. The molecule has 0 saturated heterocycles. The van der Waals surface area contributed by atoms with Crippen LogP contribution in [0, 0.1) is 15.9 Å². The number of carbonyl (C=O) groups is 1. The summed E-state index contributed by atoms with van der Waals surface area (Å²) in [5, 5.41) is 22.1. The third kappa shape index (κ3) is 3.49. The number of hydrogen-bond acceptors (Lipinski definition) is 4. The molecule has 0 radical (unpaired) electrons. The van der Waals surface area contributed by atoms with E-state index in [4.69, 9.17) is 5.11 Å². The number of carboxylic acid groups (broad SMARTS) is 1. The summed E-state index contributed by atoms with van der Waals surface area (Å²) in [5.41, 5.74) is -1.24. The highest BCUT2D eigenvalue weighted by atomic mass is 19.1. The number of aliphatic carboxylic acids is 1. The Balaban J connectivity index is 2.86. The zero-order valence-corrected chi connectivity index (χ0v) is 9.94. The molecular formula is C11H13FN2O4. The lowest BCUT2D eigenvalue weighted by Crippen LogP contribution is -2.46. The van der Waals surface area contributed by atoms with E-state index < -0.39 is 22.2 Å². The van der Waals surface area contributed by atoms with Crippen molar-refractivity contribution in [1.29, 1.82) is 0 Å². The summed E-state index contributed by atoms with van der Waals surface area (Å²) in [4.78, 5) is 20.7. The van der Waals surface area contributed by atoms with Crippen molar-refractivity contribution in [2.75, 3.05) is 0 Å². The summed E-state index contributed by atoms with van der Waals surface area (Å²) in [7, 11) is 0. The lowest BCUT2D eigenvalue weighted by Gasteiger charge is -2.20. The smallest absolute Gasteiger partial charge is 0.323 e. The van der Waals surface area contributed by atoms with Crippen molar-refractivity contribution >= 4 is 11.7 Å². The van der Waals surface area contributed by atoms with Crippen LogP contribution in [0.15, 0.2) is 18.2 Å². The van der Waals surface area contributed by atoms with E-state index in [9.17, 15) is 19.3 Å². The first-order valence-corrected chi connectivity index (χ1v) is 5.14. The molecular weight excluding hydrogens is 243 g/mol. The van der Waals surface area contributed by atoms with Crippen LogP contribution in [0.4, 0.5) is 10.1 Å². The van der Waals surface area contributed by atoms with Crippen LogP contribution in [0.1, 0.15) is 19.4 Å². The van der Waals surface area contributed by atoms with Gasteiger partial charge in [-0.1, -0.05) is 0 Å². The molecule has 18 heavy (non-hydrogen) atoms. The second kappa shape index (κ2) is 5.09. The first kappa shape index (κ1) is 14.0. The predicted octanol–water partition coefficient (Wildman–Crippen LogP) is 1.69. The number of nitrogens with zero attached hydrogens (tertiary/aromatic N) is 1. The fourth-order valence-electron chi connectivity index (χ4n) is 1.24. The van der Waals surface area contributed by atoms with Crippen molar-refractivity contribution < 1.29 is 19.2 Å². The molecule has 0 bridgehead atoms. The minimum absolute atomic E-state index is 0.0257. The Kier molecular flexibility index (Phi) is 3.97. The molecule has 98 valence electrons. The average molecular weight is 256 g/mol. The van der Waals surface area contributed by atoms with Crippen molar-refractivity contribution in [3.63, 3.8) is 0 Å². The third-order valence-corrected chi connectivity index (χ3v) is 2.42. The van der Waals surface area contributed by atoms with Gasteiger partial charge in [-0.3, -0.25) is 20.2 Å². The summed E-state index contributed by atoms with van der Waals surface area (Å²) in [6.07, 6.45) is 0. The standard InChI is InChI=1S/C11H13FN2O4/c1-11(2,10(15)16)13-6-7-3-8(12)5-9(4-7)14(17)18/h3-5,13H,6H2,1-2H3,(H,15,16). The molecule has 0 aliphatic heterocycles. The molecule has 0 aliphatic rings. The molecule has 1 aromatic rings. The fourth-order valence-corrected chi connectivity index (χ4v) is 1.24. The van der Waals surface area contributed by atoms with Crippen molar-refractivity contribution in [1.82, 2.24) is 5.32 Å². The highest BCUT2D eigenvalue weighted by Gasteiger charge is 2.26. The van der Waals surface area contributed by atoms with Crippen molar-refractivity contribution in [3.8, 4) is 0 Å².